The maximum Gasteiger partial charge on any atom is 0.220 e. The second-order valence-corrected chi connectivity index (χ2v) is 7.99. The molecule has 1 saturated heterocycles. The third-order valence-electron chi connectivity index (χ3n) is 5.35. The molecule has 2 aromatic rings. The van der Waals surface area contributed by atoms with Crippen molar-refractivity contribution in [2.45, 2.75) is 46.1 Å². The van der Waals surface area contributed by atoms with Gasteiger partial charge in [-0.25, -0.2) is 9.97 Å². The van der Waals surface area contributed by atoms with Gasteiger partial charge in [0.05, 0.1) is 18.2 Å². The summed E-state index contributed by atoms with van der Waals surface area (Å²) in [6.45, 7) is 12.8. The molecule has 3 rings (SSSR count). The van der Waals surface area contributed by atoms with Gasteiger partial charge >= 0.3 is 0 Å². The van der Waals surface area contributed by atoms with Crippen LogP contribution in [0.1, 0.15) is 61.4 Å². The van der Waals surface area contributed by atoms with Gasteiger partial charge in [0.25, 0.3) is 0 Å². The van der Waals surface area contributed by atoms with Crippen LogP contribution < -0.4 is 21.1 Å². The molecule has 30 heavy (non-hydrogen) atoms. The maximum atomic E-state index is 11.9. The predicted molar refractivity (Wildman–Crippen MR) is 121 cm³/mol. The molecule has 1 fully saturated rings. The normalized spacial score (nSPS) is 16.8. The summed E-state index contributed by atoms with van der Waals surface area (Å²) in [6.07, 6.45) is 1.84. The summed E-state index contributed by atoms with van der Waals surface area (Å²) in [6, 6.07) is 1.72. The van der Waals surface area contributed by atoms with E-state index in [1.165, 1.54) is 6.33 Å². The number of carbonyl (C=O) groups is 1. The molecule has 2 heterocycles. The molecular weight excluding hydrogens is 402 g/mol. The van der Waals surface area contributed by atoms with Crippen molar-refractivity contribution in [1.82, 2.24) is 15.3 Å². The Balaban J connectivity index is 2.07. The molecule has 0 saturated carbocycles. The fourth-order valence-corrected chi connectivity index (χ4v) is 4.12. The Morgan fingerprint density at radius 1 is 1.50 bits per heavy atom. The number of hydrogen-bond donors (Lipinski definition) is 3. The van der Waals surface area contributed by atoms with Crippen LogP contribution in [0.4, 0.5) is 11.6 Å². The third kappa shape index (κ3) is 4.21. The van der Waals surface area contributed by atoms with Gasteiger partial charge in [0.2, 0.25) is 5.91 Å². The molecule has 1 aromatic heterocycles. The van der Waals surface area contributed by atoms with E-state index in [4.69, 9.17) is 22.1 Å². The van der Waals surface area contributed by atoms with Crippen LogP contribution in [0.3, 0.4) is 0 Å². The number of nitrogens with zero attached hydrogens (tertiary/aromatic N) is 2. The second kappa shape index (κ2) is 8.92. The van der Waals surface area contributed by atoms with Crippen molar-refractivity contribution in [2.24, 2.45) is 0 Å². The number of nitrogen functional groups attached to an aromatic ring is 1. The molecule has 0 spiro atoms. The Labute approximate surface area is 182 Å². The minimum atomic E-state index is -0.194. The summed E-state index contributed by atoms with van der Waals surface area (Å²) in [5, 5.41) is 6.95. The highest BCUT2D eigenvalue weighted by molar-refractivity contribution is 6.31. The zero-order valence-electron chi connectivity index (χ0n) is 17.8. The number of nitrogens with one attached hydrogen (secondary N) is 2. The van der Waals surface area contributed by atoms with E-state index >= 15 is 0 Å². The Morgan fingerprint density at radius 2 is 2.23 bits per heavy atom. The Kier molecular flexibility index (Phi) is 6.51. The Hall–Kier alpha value is -2.80. The number of ether oxygens (including phenoxy) is 1. The van der Waals surface area contributed by atoms with Crippen molar-refractivity contribution in [3.05, 3.63) is 46.2 Å². The molecule has 2 unspecified atom stereocenters. The summed E-state index contributed by atoms with van der Waals surface area (Å²) in [5.41, 5.74) is 10.3. The lowest BCUT2D eigenvalue weighted by molar-refractivity contribution is -0.119. The van der Waals surface area contributed by atoms with E-state index < -0.39 is 0 Å². The number of anilines is 2. The van der Waals surface area contributed by atoms with E-state index in [0.29, 0.717) is 41.8 Å². The SMILES string of the molecule is C=C(C)c1c(N)ncnc1NC(C)c1cc(Cl)c(C)c(C2CNC(=O)C2)c1OCC. The minimum Gasteiger partial charge on any atom is -0.493 e. The summed E-state index contributed by atoms with van der Waals surface area (Å²) >= 11 is 6.61. The molecular formula is C22H28ClN5O2. The van der Waals surface area contributed by atoms with Crippen molar-refractivity contribution in [1.29, 1.82) is 0 Å². The standard InChI is InChI=1S/C22H28ClN5O2/c1-6-30-20-15(8-16(23)12(4)19(20)14-7-17(29)25-9-14)13(5)28-22-18(11(2)3)21(24)26-10-27-22/h8,10,13-14H,2,6-7,9H2,1,3-5H3,(H,25,29)(H3,24,26,27,28). The molecule has 1 amide bonds. The average molecular weight is 430 g/mol. The molecule has 1 aliphatic heterocycles. The number of halogens is 1. The predicted octanol–water partition coefficient (Wildman–Crippen LogP) is 4.23. The van der Waals surface area contributed by atoms with Gasteiger partial charge in [-0.2, -0.15) is 0 Å². The van der Waals surface area contributed by atoms with Crippen LogP contribution in [-0.4, -0.2) is 29.0 Å². The van der Waals surface area contributed by atoms with Crippen LogP contribution in [0.25, 0.3) is 5.57 Å². The molecule has 7 nitrogen and oxygen atoms in total. The maximum absolute atomic E-state index is 11.9. The lowest BCUT2D eigenvalue weighted by Crippen LogP contribution is -2.16. The first-order chi connectivity index (χ1) is 14.2. The summed E-state index contributed by atoms with van der Waals surface area (Å²) in [7, 11) is 0. The van der Waals surface area contributed by atoms with Gasteiger partial charge in [0.15, 0.2) is 0 Å². The highest BCUT2D eigenvalue weighted by atomic mass is 35.5. The molecule has 160 valence electrons. The number of allylic oxidation sites excluding steroid dienone is 1. The number of rotatable bonds is 7. The zero-order chi connectivity index (χ0) is 22.0. The van der Waals surface area contributed by atoms with E-state index in [-0.39, 0.29) is 17.9 Å². The smallest absolute Gasteiger partial charge is 0.220 e. The van der Waals surface area contributed by atoms with Gasteiger partial charge in [0, 0.05) is 35.0 Å². The molecule has 0 radical (unpaired) electrons. The zero-order valence-corrected chi connectivity index (χ0v) is 18.6. The quantitative estimate of drug-likeness (QED) is 0.608. The van der Waals surface area contributed by atoms with Crippen LogP contribution in [0.5, 0.6) is 5.75 Å². The number of amides is 1. The van der Waals surface area contributed by atoms with Crippen molar-refractivity contribution < 1.29 is 9.53 Å². The van der Waals surface area contributed by atoms with Crippen molar-refractivity contribution in [3.8, 4) is 5.75 Å². The van der Waals surface area contributed by atoms with Crippen LogP contribution in [0, 0.1) is 6.92 Å². The van der Waals surface area contributed by atoms with Gasteiger partial charge in [0.1, 0.15) is 23.7 Å². The van der Waals surface area contributed by atoms with Crippen LogP contribution in [0.15, 0.2) is 19.0 Å². The molecule has 0 bridgehead atoms. The molecule has 8 heteroatoms. The highest BCUT2D eigenvalue weighted by Crippen LogP contribution is 2.43. The highest BCUT2D eigenvalue weighted by Gasteiger charge is 2.31. The number of carbonyl (C=O) groups excluding carboxylic acids is 1. The average Bonchev–Trinajstić information content (AvgIpc) is 3.10. The topological polar surface area (TPSA) is 102 Å². The van der Waals surface area contributed by atoms with Gasteiger partial charge in [-0.15, -0.1) is 0 Å². The third-order valence-corrected chi connectivity index (χ3v) is 5.74. The Morgan fingerprint density at radius 3 is 2.83 bits per heavy atom. The van der Waals surface area contributed by atoms with E-state index in [1.807, 2.05) is 33.8 Å². The largest absolute Gasteiger partial charge is 0.493 e. The molecule has 4 N–H and O–H groups in total. The van der Waals surface area contributed by atoms with E-state index in [0.717, 1.165) is 28.0 Å². The van der Waals surface area contributed by atoms with Gasteiger partial charge in [-0.3, -0.25) is 4.79 Å². The van der Waals surface area contributed by atoms with Crippen LogP contribution >= 0.6 is 11.6 Å². The van der Waals surface area contributed by atoms with Gasteiger partial charge in [-0.1, -0.05) is 18.2 Å². The number of hydrogen-bond acceptors (Lipinski definition) is 6. The summed E-state index contributed by atoms with van der Waals surface area (Å²) < 4.78 is 6.10. The summed E-state index contributed by atoms with van der Waals surface area (Å²) in [4.78, 5) is 20.3. The number of nitrogens with two attached hydrogens (primary N) is 1. The first-order valence-electron chi connectivity index (χ1n) is 9.99. The lowest BCUT2D eigenvalue weighted by Gasteiger charge is -2.26. The van der Waals surface area contributed by atoms with Crippen LogP contribution in [0.2, 0.25) is 5.02 Å². The first-order valence-corrected chi connectivity index (χ1v) is 10.4. The van der Waals surface area contributed by atoms with E-state index in [2.05, 4.69) is 27.2 Å². The van der Waals surface area contributed by atoms with Gasteiger partial charge in [-0.05, 0) is 44.9 Å². The Bertz CT molecular complexity index is 992. The second-order valence-electron chi connectivity index (χ2n) is 7.58. The van der Waals surface area contributed by atoms with Crippen molar-refractivity contribution >= 4 is 34.7 Å². The van der Waals surface area contributed by atoms with Crippen LogP contribution in [-0.2, 0) is 4.79 Å². The number of benzene rings is 1. The molecule has 0 aliphatic carbocycles. The monoisotopic (exact) mass is 429 g/mol. The van der Waals surface area contributed by atoms with E-state index in [9.17, 15) is 4.79 Å². The summed E-state index contributed by atoms with van der Waals surface area (Å²) in [5.74, 6) is 1.79. The first kappa shape index (κ1) is 21.9. The lowest BCUT2D eigenvalue weighted by atomic mass is 9.89. The minimum absolute atomic E-state index is 0.0179. The molecule has 1 aliphatic rings. The van der Waals surface area contributed by atoms with Crippen molar-refractivity contribution in [2.75, 3.05) is 24.2 Å². The fraction of sp³-hybridized carbons (Fsp3) is 0.409. The van der Waals surface area contributed by atoms with E-state index in [1.54, 1.807) is 0 Å². The molecule has 1 aromatic carbocycles. The fourth-order valence-electron chi connectivity index (χ4n) is 3.90. The number of aromatic nitrogens is 2. The molecule has 2 atom stereocenters. The van der Waals surface area contributed by atoms with Gasteiger partial charge < -0.3 is 21.1 Å². The van der Waals surface area contributed by atoms with Crippen molar-refractivity contribution in [3.63, 3.8) is 0 Å².